The lowest BCUT2D eigenvalue weighted by Gasteiger charge is -2.23. The number of nitrogens with two attached hydrogens (primary N) is 1. The molecule has 1 rings (SSSR count). The van der Waals surface area contributed by atoms with Gasteiger partial charge in [-0.1, -0.05) is 6.07 Å². The average Bonchev–Trinajstić information content (AvgIpc) is 2.27. The summed E-state index contributed by atoms with van der Waals surface area (Å²) in [6, 6.07) is 2.85. The molecule has 0 fully saturated rings. The van der Waals surface area contributed by atoms with Gasteiger partial charge in [-0.3, -0.25) is 0 Å². The second-order valence-electron chi connectivity index (χ2n) is 3.89. The van der Waals surface area contributed by atoms with E-state index < -0.39 is 30.9 Å². The maximum Gasteiger partial charge on any atom is 0.423 e. The lowest BCUT2D eigenvalue weighted by molar-refractivity contribution is -0.324. The van der Waals surface area contributed by atoms with E-state index in [9.17, 15) is 30.7 Å². The summed E-state index contributed by atoms with van der Waals surface area (Å²) in [7, 11) is 0. The van der Waals surface area contributed by atoms with Gasteiger partial charge in [-0.15, -0.1) is 0 Å². The normalized spacial score (nSPS) is 13.1. The number of hydrogen-bond donors (Lipinski definition) is 1. The number of ether oxygens (including phenoxy) is 1. The van der Waals surface area contributed by atoms with Crippen molar-refractivity contribution in [1.82, 2.24) is 0 Å². The molecule has 114 valence electrons. The molecule has 2 nitrogen and oxygen atoms in total. The highest BCUT2D eigenvalue weighted by Crippen LogP contribution is 2.36. The first-order valence-corrected chi connectivity index (χ1v) is 5.28. The van der Waals surface area contributed by atoms with Gasteiger partial charge in [0.2, 0.25) is 6.10 Å². The topological polar surface area (TPSA) is 35.2 Å². The van der Waals surface area contributed by atoms with Gasteiger partial charge in [-0.05, 0) is 23.3 Å². The zero-order valence-corrected chi connectivity index (χ0v) is 9.85. The van der Waals surface area contributed by atoms with Crippen molar-refractivity contribution in [3.63, 3.8) is 0 Å². The Morgan fingerprint density at radius 3 is 2.00 bits per heavy atom. The van der Waals surface area contributed by atoms with Gasteiger partial charge in [-0.25, -0.2) is 4.39 Å². The SMILES string of the molecule is NCc1cc(F)ccc1COC(C(F)(F)F)C(F)(F)F. The molecular formula is C11H10F7NO. The minimum Gasteiger partial charge on any atom is -0.356 e. The number of hydrogen-bond acceptors (Lipinski definition) is 2. The van der Waals surface area contributed by atoms with E-state index in [1.165, 1.54) is 0 Å². The first-order valence-electron chi connectivity index (χ1n) is 5.28. The molecule has 0 spiro atoms. The maximum atomic E-state index is 12.9. The zero-order chi connectivity index (χ0) is 15.6. The van der Waals surface area contributed by atoms with E-state index in [4.69, 9.17) is 5.73 Å². The molecule has 0 aliphatic heterocycles. The largest absolute Gasteiger partial charge is 0.423 e. The number of alkyl halides is 6. The number of halogens is 7. The molecule has 0 aliphatic rings. The van der Waals surface area contributed by atoms with Crippen molar-refractivity contribution in [3.8, 4) is 0 Å². The van der Waals surface area contributed by atoms with Gasteiger partial charge < -0.3 is 10.5 Å². The molecule has 0 atom stereocenters. The Morgan fingerprint density at radius 1 is 1.00 bits per heavy atom. The van der Waals surface area contributed by atoms with E-state index in [0.717, 1.165) is 18.2 Å². The Balaban J connectivity index is 2.89. The van der Waals surface area contributed by atoms with Crippen LogP contribution >= 0.6 is 0 Å². The van der Waals surface area contributed by atoms with E-state index in [2.05, 4.69) is 4.74 Å². The van der Waals surface area contributed by atoms with Crippen LogP contribution in [-0.4, -0.2) is 18.5 Å². The molecule has 0 saturated carbocycles. The molecule has 9 heteroatoms. The molecule has 0 unspecified atom stereocenters. The predicted molar refractivity (Wildman–Crippen MR) is 55.0 cm³/mol. The van der Waals surface area contributed by atoms with Gasteiger partial charge in [0.25, 0.3) is 0 Å². The van der Waals surface area contributed by atoms with Crippen molar-refractivity contribution in [1.29, 1.82) is 0 Å². The Kier molecular flexibility index (Phi) is 4.98. The van der Waals surface area contributed by atoms with E-state index in [0.29, 0.717) is 0 Å². The van der Waals surface area contributed by atoms with Crippen molar-refractivity contribution in [3.05, 3.63) is 35.1 Å². The van der Waals surface area contributed by atoms with Crippen LogP contribution < -0.4 is 5.73 Å². The van der Waals surface area contributed by atoms with Gasteiger partial charge in [0.05, 0.1) is 6.61 Å². The third-order valence-corrected chi connectivity index (χ3v) is 2.39. The van der Waals surface area contributed by atoms with Crippen LogP contribution in [0.4, 0.5) is 30.7 Å². The molecule has 1 aromatic carbocycles. The van der Waals surface area contributed by atoms with Crippen LogP contribution in [-0.2, 0) is 17.9 Å². The van der Waals surface area contributed by atoms with Crippen LogP contribution in [0.2, 0.25) is 0 Å². The molecule has 0 radical (unpaired) electrons. The van der Waals surface area contributed by atoms with Crippen LogP contribution in [0.15, 0.2) is 18.2 Å². The lowest BCUT2D eigenvalue weighted by atomic mass is 10.1. The second-order valence-corrected chi connectivity index (χ2v) is 3.89. The number of rotatable bonds is 4. The van der Waals surface area contributed by atoms with Crippen LogP contribution in [0, 0.1) is 5.82 Å². The molecule has 0 bridgehead atoms. The first-order chi connectivity index (χ1) is 9.05. The predicted octanol–water partition coefficient (Wildman–Crippen LogP) is 3.29. The third kappa shape index (κ3) is 4.34. The van der Waals surface area contributed by atoms with Crippen molar-refractivity contribution >= 4 is 0 Å². The van der Waals surface area contributed by atoms with Crippen LogP contribution in [0.5, 0.6) is 0 Å². The van der Waals surface area contributed by atoms with Gasteiger partial charge in [0, 0.05) is 6.54 Å². The van der Waals surface area contributed by atoms with Crippen molar-refractivity contribution in [2.24, 2.45) is 5.73 Å². The maximum absolute atomic E-state index is 12.9. The van der Waals surface area contributed by atoms with Crippen molar-refractivity contribution in [2.75, 3.05) is 0 Å². The minimum absolute atomic E-state index is 0.0348. The fraction of sp³-hybridized carbons (Fsp3) is 0.455. The number of benzene rings is 1. The summed E-state index contributed by atoms with van der Waals surface area (Å²) in [5.74, 6) is -0.697. The molecule has 2 N–H and O–H groups in total. The molecule has 0 saturated heterocycles. The van der Waals surface area contributed by atoms with E-state index in [1.807, 2.05) is 0 Å². The van der Waals surface area contributed by atoms with E-state index in [1.54, 1.807) is 0 Å². The Hall–Kier alpha value is -1.35. The Labute approximate surface area is 109 Å². The molecule has 0 aliphatic carbocycles. The standard InChI is InChI=1S/C11H10F7NO/c12-8-2-1-6(7(3-8)4-19)5-20-9(10(13,14)15)11(16,17)18/h1-3,9H,4-5,19H2. The molecule has 20 heavy (non-hydrogen) atoms. The van der Waals surface area contributed by atoms with Crippen molar-refractivity contribution in [2.45, 2.75) is 31.6 Å². The van der Waals surface area contributed by atoms with Crippen LogP contribution in [0.25, 0.3) is 0 Å². The monoisotopic (exact) mass is 305 g/mol. The van der Waals surface area contributed by atoms with Gasteiger partial charge in [-0.2, -0.15) is 26.3 Å². The Morgan fingerprint density at radius 2 is 1.55 bits per heavy atom. The van der Waals surface area contributed by atoms with Crippen molar-refractivity contribution < 1.29 is 35.5 Å². The summed E-state index contributed by atoms with van der Waals surface area (Å²) in [6.45, 7) is -1.21. The average molecular weight is 305 g/mol. The highest BCUT2D eigenvalue weighted by atomic mass is 19.4. The summed E-state index contributed by atoms with van der Waals surface area (Å²) in [4.78, 5) is 0. The quantitative estimate of drug-likeness (QED) is 0.866. The molecule has 0 aromatic heterocycles. The second kappa shape index (κ2) is 5.96. The van der Waals surface area contributed by atoms with Gasteiger partial charge in [0.1, 0.15) is 5.82 Å². The highest BCUT2D eigenvalue weighted by Gasteiger charge is 2.57. The lowest BCUT2D eigenvalue weighted by Crippen LogP contribution is -2.44. The first kappa shape index (κ1) is 16.7. The molecular weight excluding hydrogens is 295 g/mol. The fourth-order valence-corrected chi connectivity index (χ4v) is 1.47. The fourth-order valence-electron chi connectivity index (χ4n) is 1.47. The molecule has 0 heterocycles. The Bertz CT molecular complexity index is 441. The summed E-state index contributed by atoms with van der Waals surface area (Å²) in [5.41, 5.74) is 5.27. The third-order valence-electron chi connectivity index (χ3n) is 2.39. The van der Waals surface area contributed by atoms with Crippen LogP contribution in [0.3, 0.4) is 0 Å². The summed E-state index contributed by atoms with van der Waals surface area (Å²) in [5, 5.41) is 0. The summed E-state index contributed by atoms with van der Waals surface area (Å²) >= 11 is 0. The minimum atomic E-state index is -5.58. The summed E-state index contributed by atoms with van der Waals surface area (Å²) < 4.78 is 90.2. The highest BCUT2D eigenvalue weighted by molar-refractivity contribution is 5.27. The molecule has 1 aromatic rings. The van der Waals surface area contributed by atoms with Gasteiger partial charge >= 0.3 is 12.4 Å². The smallest absolute Gasteiger partial charge is 0.356 e. The van der Waals surface area contributed by atoms with Gasteiger partial charge in [0.15, 0.2) is 0 Å². The molecule has 0 amide bonds. The van der Waals surface area contributed by atoms with Crippen LogP contribution in [0.1, 0.15) is 11.1 Å². The zero-order valence-electron chi connectivity index (χ0n) is 9.85. The summed E-state index contributed by atoms with van der Waals surface area (Å²) in [6.07, 6.45) is -15.1. The van der Waals surface area contributed by atoms with E-state index in [-0.39, 0.29) is 17.7 Å². The van der Waals surface area contributed by atoms with E-state index >= 15 is 0 Å².